The lowest BCUT2D eigenvalue weighted by atomic mass is 9.83. The number of carboxylic acids is 1. The van der Waals surface area contributed by atoms with Crippen molar-refractivity contribution in [3.05, 3.63) is 130 Å². The number of carboxylic acid groups (broad SMARTS) is 1. The van der Waals surface area contributed by atoms with Gasteiger partial charge in [0.2, 0.25) is 0 Å². The molecule has 0 saturated carbocycles. The predicted molar refractivity (Wildman–Crippen MR) is 126 cm³/mol. The van der Waals surface area contributed by atoms with Gasteiger partial charge in [-0.15, -0.1) is 0 Å². The van der Waals surface area contributed by atoms with Crippen LogP contribution in [0.2, 0.25) is 0 Å². The second kappa shape index (κ2) is 8.26. The van der Waals surface area contributed by atoms with Crippen molar-refractivity contribution in [3.8, 4) is 0 Å². The Kier molecular flexibility index (Phi) is 5.11. The zero-order valence-corrected chi connectivity index (χ0v) is 17.7. The van der Waals surface area contributed by atoms with Gasteiger partial charge < -0.3 is 10.4 Å². The van der Waals surface area contributed by atoms with Crippen molar-refractivity contribution < 1.29 is 24.3 Å². The number of hydrogen-bond donors (Lipinski definition) is 2. The number of anilines is 2. The fraction of sp³-hybridized carbons (Fsp3) is 0. The molecule has 1 aliphatic carbocycles. The van der Waals surface area contributed by atoms with E-state index in [0.29, 0.717) is 22.4 Å². The first kappa shape index (κ1) is 21.0. The maximum atomic E-state index is 13.3. The summed E-state index contributed by atoms with van der Waals surface area (Å²) < 4.78 is 0. The first-order valence-corrected chi connectivity index (χ1v) is 10.5. The molecule has 0 bridgehead atoms. The van der Waals surface area contributed by atoms with Crippen LogP contribution >= 0.6 is 0 Å². The lowest BCUT2D eigenvalue weighted by Gasteiger charge is -2.21. The number of carbonyl (C=O) groups is 4. The van der Waals surface area contributed by atoms with Crippen molar-refractivity contribution in [2.75, 3.05) is 5.32 Å². The molecule has 4 aromatic rings. The second-order valence-corrected chi connectivity index (χ2v) is 7.79. The van der Waals surface area contributed by atoms with Crippen LogP contribution in [-0.2, 0) is 0 Å². The first-order chi connectivity index (χ1) is 16.5. The number of aromatic carboxylic acids is 1. The molecule has 0 amide bonds. The van der Waals surface area contributed by atoms with Crippen LogP contribution in [0.25, 0.3) is 0 Å². The Hall–Kier alpha value is -4.84. The van der Waals surface area contributed by atoms with E-state index < -0.39 is 11.8 Å². The summed E-state index contributed by atoms with van der Waals surface area (Å²) in [5, 5.41) is 12.8. The van der Waals surface area contributed by atoms with E-state index in [1.807, 2.05) is 0 Å². The van der Waals surface area contributed by atoms with Gasteiger partial charge in [-0.05, 0) is 18.2 Å². The van der Waals surface area contributed by atoms with Gasteiger partial charge in [-0.1, -0.05) is 72.8 Å². The number of hydrogen-bond acceptors (Lipinski definition) is 5. The molecular formula is C28H17NO5. The van der Waals surface area contributed by atoms with E-state index in [1.54, 1.807) is 78.9 Å². The average Bonchev–Trinajstić information content (AvgIpc) is 2.87. The summed E-state index contributed by atoms with van der Waals surface area (Å²) in [6.45, 7) is 0. The minimum absolute atomic E-state index is 0.0335. The summed E-state index contributed by atoms with van der Waals surface area (Å²) >= 11 is 0. The van der Waals surface area contributed by atoms with Crippen LogP contribution in [0.5, 0.6) is 0 Å². The van der Waals surface area contributed by atoms with Crippen LogP contribution in [0.3, 0.4) is 0 Å². The minimum atomic E-state index is -1.25. The molecular weight excluding hydrogens is 430 g/mol. The van der Waals surface area contributed by atoms with Crippen molar-refractivity contribution in [2.24, 2.45) is 0 Å². The van der Waals surface area contributed by atoms with Crippen molar-refractivity contribution in [3.63, 3.8) is 0 Å². The highest BCUT2D eigenvalue weighted by Crippen LogP contribution is 2.35. The number of ketones is 3. The highest BCUT2D eigenvalue weighted by atomic mass is 16.4. The fourth-order valence-corrected chi connectivity index (χ4v) is 4.21. The van der Waals surface area contributed by atoms with Crippen LogP contribution in [0.1, 0.15) is 58.1 Å². The molecule has 1 aliphatic rings. The molecule has 164 valence electrons. The largest absolute Gasteiger partial charge is 0.478 e. The molecule has 0 spiro atoms. The molecule has 5 rings (SSSR count). The lowest BCUT2D eigenvalue weighted by molar-refractivity contribution is 0.0692. The summed E-state index contributed by atoms with van der Waals surface area (Å²) in [5.74, 6) is -2.32. The monoisotopic (exact) mass is 447 g/mol. The smallest absolute Gasteiger partial charge is 0.336 e. The van der Waals surface area contributed by atoms with Crippen molar-refractivity contribution in [1.82, 2.24) is 0 Å². The topological polar surface area (TPSA) is 101 Å². The number of carbonyl (C=O) groups excluding carboxylic acids is 3. The van der Waals surface area contributed by atoms with E-state index in [1.165, 1.54) is 12.1 Å². The highest BCUT2D eigenvalue weighted by molar-refractivity contribution is 6.30. The Morgan fingerprint density at radius 1 is 0.618 bits per heavy atom. The quantitative estimate of drug-likeness (QED) is 0.362. The van der Waals surface area contributed by atoms with Crippen LogP contribution in [0, 0.1) is 0 Å². The van der Waals surface area contributed by atoms with Crippen molar-refractivity contribution in [1.29, 1.82) is 0 Å². The Bertz CT molecular complexity index is 1500. The fourth-order valence-electron chi connectivity index (χ4n) is 4.21. The molecule has 34 heavy (non-hydrogen) atoms. The van der Waals surface area contributed by atoms with Gasteiger partial charge in [-0.25, -0.2) is 4.79 Å². The third kappa shape index (κ3) is 3.38. The summed E-state index contributed by atoms with van der Waals surface area (Å²) in [5.41, 5.74) is 1.74. The van der Waals surface area contributed by atoms with Crippen molar-refractivity contribution in [2.45, 2.75) is 0 Å². The first-order valence-electron chi connectivity index (χ1n) is 10.5. The molecule has 6 nitrogen and oxygen atoms in total. The molecule has 2 N–H and O–H groups in total. The van der Waals surface area contributed by atoms with Gasteiger partial charge in [0.1, 0.15) is 0 Å². The van der Waals surface area contributed by atoms with E-state index in [9.17, 15) is 24.3 Å². The zero-order valence-electron chi connectivity index (χ0n) is 17.7. The van der Waals surface area contributed by atoms with E-state index in [4.69, 9.17) is 0 Å². The van der Waals surface area contributed by atoms with Gasteiger partial charge in [-0.3, -0.25) is 14.4 Å². The Balaban J connectivity index is 1.66. The molecule has 6 heteroatoms. The van der Waals surface area contributed by atoms with E-state index >= 15 is 0 Å². The maximum absolute atomic E-state index is 13.3. The molecule has 4 aromatic carbocycles. The Morgan fingerprint density at radius 3 is 1.91 bits per heavy atom. The van der Waals surface area contributed by atoms with Crippen LogP contribution in [-0.4, -0.2) is 28.4 Å². The van der Waals surface area contributed by atoms with Crippen LogP contribution in [0.4, 0.5) is 11.4 Å². The molecule has 0 unspecified atom stereocenters. The SMILES string of the molecule is O=C(O)c1cccc(Nc2cccc3c2C(=O)c2ccccc2C3=O)c1C(=O)c1ccccc1. The van der Waals surface area contributed by atoms with Gasteiger partial charge in [-0.2, -0.15) is 0 Å². The molecule has 0 saturated heterocycles. The van der Waals surface area contributed by atoms with Gasteiger partial charge in [0, 0.05) is 22.3 Å². The summed E-state index contributed by atoms with van der Waals surface area (Å²) in [7, 11) is 0. The van der Waals surface area contributed by atoms with Crippen molar-refractivity contribution >= 4 is 34.7 Å². The zero-order chi connectivity index (χ0) is 23.8. The van der Waals surface area contributed by atoms with E-state index in [-0.39, 0.29) is 39.5 Å². The molecule has 0 heterocycles. The number of fused-ring (bicyclic) bond motifs is 2. The predicted octanol–water partition coefficient (Wildman–Crippen LogP) is 5.13. The maximum Gasteiger partial charge on any atom is 0.336 e. The highest BCUT2D eigenvalue weighted by Gasteiger charge is 2.32. The van der Waals surface area contributed by atoms with Gasteiger partial charge in [0.15, 0.2) is 17.3 Å². The molecule has 0 atom stereocenters. The number of benzene rings is 4. The number of rotatable bonds is 5. The minimum Gasteiger partial charge on any atom is -0.478 e. The van der Waals surface area contributed by atoms with Gasteiger partial charge in [0.25, 0.3) is 0 Å². The van der Waals surface area contributed by atoms with E-state index in [2.05, 4.69) is 5.32 Å². The summed E-state index contributed by atoms with van der Waals surface area (Å²) in [6.07, 6.45) is 0. The van der Waals surface area contributed by atoms with Crippen LogP contribution < -0.4 is 5.32 Å². The van der Waals surface area contributed by atoms with E-state index in [0.717, 1.165) is 0 Å². The standard InChI is InChI=1S/C28H17NO5/c30-25(16-8-2-1-3-9-16)24-20(28(33)34)13-7-15-22(24)29-21-14-6-12-19-23(21)27(32)18-11-5-4-10-17(18)26(19)31/h1-15,29H,(H,33,34). The molecule has 0 radical (unpaired) electrons. The van der Waals surface area contributed by atoms with Gasteiger partial charge in [0.05, 0.1) is 28.1 Å². The lowest BCUT2D eigenvalue weighted by Crippen LogP contribution is -2.22. The average molecular weight is 447 g/mol. The molecule has 0 aliphatic heterocycles. The molecule has 0 fully saturated rings. The molecule has 0 aromatic heterocycles. The summed E-state index contributed by atoms with van der Waals surface area (Å²) in [6, 6.07) is 24.3. The van der Waals surface area contributed by atoms with Gasteiger partial charge >= 0.3 is 5.97 Å². The third-order valence-electron chi connectivity index (χ3n) is 5.78. The van der Waals surface area contributed by atoms with Crippen LogP contribution in [0.15, 0.2) is 91.0 Å². The summed E-state index contributed by atoms with van der Waals surface area (Å²) in [4.78, 5) is 51.7. The Morgan fingerprint density at radius 2 is 1.21 bits per heavy atom. The second-order valence-electron chi connectivity index (χ2n) is 7.79. The third-order valence-corrected chi connectivity index (χ3v) is 5.78. The number of nitrogens with one attached hydrogen (secondary N) is 1. The normalized spacial score (nSPS) is 12.0. The Labute approximate surface area is 194 Å².